The number of ketones is 1. The number of hydrogen-bond acceptors (Lipinski definition) is 4. The quantitative estimate of drug-likeness (QED) is 0.519. The van der Waals surface area contributed by atoms with Crippen LogP contribution in [0.2, 0.25) is 0 Å². The number of halogens is 2. The molecule has 25 heavy (non-hydrogen) atoms. The Morgan fingerprint density at radius 1 is 1.44 bits per heavy atom. The molecule has 0 fully saturated rings. The van der Waals surface area contributed by atoms with E-state index in [1.54, 1.807) is 6.07 Å². The summed E-state index contributed by atoms with van der Waals surface area (Å²) < 4.78 is 29.6. The Hall–Kier alpha value is -2.06. The molecule has 132 valence electrons. The average Bonchev–Trinajstić information content (AvgIpc) is 2.58. The highest BCUT2D eigenvalue weighted by molar-refractivity contribution is 9.10. The van der Waals surface area contributed by atoms with Crippen LogP contribution in [-0.2, 0) is 11.0 Å². The van der Waals surface area contributed by atoms with Gasteiger partial charge in [-0.1, -0.05) is 19.6 Å². The van der Waals surface area contributed by atoms with Crippen LogP contribution in [0.15, 0.2) is 41.5 Å². The van der Waals surface area contributed by atoms with Gasteiger partial charge in [0.25, 0.3) is 0 Å². The Morgan fingerprint density at radius 2 is 2.16 bits per heavy atom. The number of anilines is 2. The predicted molar refractivity (Wildman–Crippen MR) is 103 cm³/mol. The van der Waals surface area contributed by atoms with Crippen molar-refractivity contribution in [1.29, 1.82) is 0 Å². The second-order valence-corrected chi connectivity index (χ2v) is 7.43. The first-order valence-corrected chi connectivity index (χ1v) is 9.54. The highest BCUT2D eigenvalue weighted by Gasteiger charge is 2.21. The van der Waals surface area contributed by atoms with Crippen LogP contribution in [-0.4, -0.2) is 20.7 Å². The van der Waals surface area contributed by atoms with Gasteiger partial charge in [-0.05, 0) is 40.5 Å². The summed E-state index contributed by atoms with van der Waals surface area (Å²) in [6.45, 7) is 5.60. The summed E-state index contributed by atoms with van der Waals surface area (Å²) in [4.78, 5) is 16.6. The van der Waals surface area contributed by atoms with Gasteiger partial charge in [-0.3, -0.25) is 4.79 Å². The SMILES string of the molecule is C=C(C(=O)c1cccc(NS(=O)CCC)c1F)c1cc(Br)cnc1N. The van der Waals surface area contributed by atoms with E-state index >= 15 is 0 Å². The lowest BCUT2D eigenvalue weighted by Crippen LogP contribution is -2.12. The maximum atomic E-state index is 14.7. The van der Waals surface area contributed by atoms with Gasteiger partial charge in [-0.25, -0.2) is 13.6 Å². The van der Waals surface area contributed by atoms with Crippen LogP contribution >= 0.6 is 15.9 Å². The second-order valence-electron chi connectivity index (χ2n) is 5.21. The molecule has 1 atom stereocenters. The lowest BCUT2D eigenvalue weighted by molar-refractivity contribution is 0.105. The van der Waals surface area contributed by atoms with Gasteiger partial charge < -0.3 is 10.5 Å². The number of aromatic nitrogens is 1. The van der Waals surface area contributed by atoms with Crippen molar-refractivity contribution in [3.05, 3.63) is 58.5 Å². The van der Waals surface area contributed by atoms with E-state index in [9.17, 15) is 13.4 Å². The minimum absolute atomic E-state index is 0.00534. The Bertz CT molecular complexity index is 858. The fourth-order valence-electron chi connectivity index (χ4n) is 2.12. The van der Waals surface area contributed by atoms with Crippen molar-refractivity contribution in [2.75, 3.05) is 16.2 Å². The van der Waals surface area contributed by atoms with E-state index < -0.39 is 22.6 Å². The Balaban J connectivity index is 2.35. The highest BCUT2D eigenvalue weighted by Crippen LogP contribution is 2.28. The van der Waals surface area contributed by atoms with E-state index in [1.165, 1.54) is 24.4 Å². The number of rotatable bonds is 7. The first-order valence-electron chi connectivity index (χ1n) is 7.43. The number of pyridine rings is 1. The molecule has 2 rings (SSSR count). The molecule has 0 saturated heterocycles. The first-order chi connectivity index (χ1) is 11.8. The van der Waals surface area contributed by atoms with E-state index in [2.05, 4.69) is 32.2 Å². The predicted octanol–water partition coefficient (Wildman–Crippen LogP) is 3.95. The molecular formula is C17H17BrFN3O2S. The number of nitrogens with one attached hydrogen (secondary N) is 1. The van der Waals surface area contributed by atoms with Crippen LogP contribution in [0.1, 0.15) is 29.3 Å². The number of Topliss-reactive ketones (excluding diaryl/α,β-unsaturated/α-hetero) is 1. The smallest absolute Gasteiger partial charge is 0.196 e. The molecule has 1 aromatic carbocycles. The number of benzene rings is 1. The van der Waals surface area contributed by atoms with Gasteiger partial charge >= 0.3 is 0 Å². The standard InChI is InChI=1S/C17H17BrFN3O2S/c1-3-7-25(24)22-14-6-4-5-12(15(14)19)16(23)10(2)13-8-11(18)9-21-17(13)20/h4-6,8-9,22H,2-3,7H2,1H3,(H2,20,21). The van der Waals surface area contributed by atoms with Crippen LogP contribution < -0.4 is 10.5 Å². The number of allylic oxidation sites excluding steroid dienone is 1. The molecule has 0 aliphatic rings. The molecule has 8 heteroatoms. The topological polar surface area (TPSA) is 85.1 Å². The van der Waals surface area contributed by atoms with Crippen molar-refractivity contribution in [3.63, 3.8) is 0 Å². The fraction of sp³-hybridized carbons (Fsp3) is 0.176. The summed E-state index contributed by atoms with van der Waals surface area (Å²) in [7, 11) is -1.42. The monoisotopic (exact) mass is 425 g/mol. The first kappa shape index (κ1) is 19.3. The third-order valence-electron chi connectivity index (χ3n) is 3.34. The summed E-state index contributed by atoms with van der Waals surface area (Å²) in [5.74, 6) is -0.890. The van der Waals surface area contributed by atoms with Crippen molar-refractivity contribution in [1.82, 2.24) is 4.98 Å². The Morgan fingerprint density at radius 3 is 2.84 bits per heavy atom. The summed E-state index contributed by atoms with van der Waals surface area (Å²) in [5.41, 5.74) is 5.96. The Labute approximate surface area is 156 Å². The summed E-state index contributed by atoms with van der Waals surface area (Å²) in [6, 6.07) is 5.88. The molecule has 0 bridgehead atoms. The zero-order chi connectivity index (χ0) is 18.6. The van der Waals surface area contributed by atoms with Crippen LogP contribution in [0, 0.1) is 5.82 Å². The van der Waals surface area contributed by atoms with Crippen molar-refractivity contribution in [2.24, 2.45) is 0 Å². The van der Waals surface area contributed by atoms with Gasteiger partial charge in [-0.15, -0.1) is 0 Å². The molecule has 0 amide bonds. The van der Waals surface area contributed by atoms with Crippen molar-refractivity contribution in [3.8, 4) is 0 Å². The van der Waals surface area contributed by atoms with Crippen molar-refractivity contribution >= 4 is 49.8 Å². The third kappa shape index (κ3) is 4.52. The molecule has 0 saturated carbocycles. The number of nitrogens with two attached hydrogens (primary N) is 1. The number of carbonyl (C=O) groups is 1. The molecule has 1 heterocycles. The van der Waals surface area contributed by atoms with Crippen LogP contribution in [0.5, 0.6) is 0 Å². The number of nitrogens with zero attached hydrogens (tertiary/aromatic N) is 1. The molecule has 0 aliphatic carbocycles. The molecule has 0 aliphatic heterocycles. The maximum Gasteiger partial charge on any atom is 0.196 e. The van der Waals surface area contributed by atoms with Gasteiger partial charge in [-0.2, -0.15) is 0 Å². The molecule has 0 spiro atoms. The van der Waals surface area contributed by atoms with Crippen molar-refractivity contribution < 1.29 is 13.4 Å². The van der Waals surface area contributed by atoms with Crippen LogP contribution in [0.25, 0.3) is 5.57 Å². The lowest BCUT2D eigenvalue weighted by Gasteiger charge is -2.12. The largest absolute Gasteiger partial charge is 0.383 e. The number of carbonyl (C=O) groups excluding carboxylic acids is 1. The normalized spacial score (nSPS) is 11.8. The van der Waals surface area contributed by atoms with Gasteiger partial charge in [0.1, 0.15) is 16.8 Å². The second kappa shape index (κ2) is 8.35. The summed E-state index contributed by atoms with van der Waals surface area (Å²) in [5, 5.41) is 0. The maximum absolute atomic E-state index is 14.7. The van der Waals surface area contributed by atoms with E-state index in [-0.39, 0.29) is 22.6 Å². The highest BCUT2D eigenvalue weighted by atomic mass is 79.9. The summed E-state index contributed by atoms with van der Waals surface area (Å²) in [6.07, 6.45) is 2.18. The fourth-order valence-corrected chi connectivity index (χ4v) is 3.33. The molecule has 1 unspecified atom stereocenters. The van der Waals surface area contributed by atoms with E-state index in [0.29, 0.717) is 22.2 Å². The van der Waals surface area contributed by atoms with Crippen LogP contribution in [0.4, 0.5) is 15.9 Å². The molecule has 5 nitrogen and oxygen atoms in total. The van der Waals surface area contributed by atoms with E-state index in [1.807, 2.05) is 6.92 Å². The van der Waals surface area contributed by atoms with Gasteiger partial charge in [0.05, 0.1) is 11.3 Å². The van der Waals surface area contributed by atoms with E-state index in [4.69, 9.17) is 5.73 Å². The van der Waals surface area contributed by atoms with Gasteiger partial charge in [0.15, 0.2) is 11.6 Å². The number of nitrogen functional groups attached to an aromatic ring is 1. The van der Waals surface area contributed by atoms with Gasteiger partial charge in [0.2, 0.25) is 0 Å². The van der Waals surface area contributed by atoms with Gasteiger partial charge in [0, 0.05) is 27.6 Å². The Kier molecular flexibility index (Phi) is 6.44. The minimum Gasteiger partial charge on any atom is -0.383 e. The zero-order valence-electron chi connectivity index (χ0n) is 13.5. The zero-order valence-corrected chi connectivity index (χ0v) is 15.9. The number of hydrogen-bond donors (Lipinski definition) is 2. The van der Waals surface area contributed by atoms with E-state index in [0.717, 1.165) is 0 Å². The molecule has 2 aromatic rings. The molecule has 0 radical (unpaired) electrons. The lowest BCUT2D eigenvalue weighted by atomic mass is 9.98. The molecule has 1 aromatic heterocycles. The molecule has 3 N–H and O–H groups in total. The average molecular weight is 426 g/mol. The van der Waals surface area contributed by atoms with Crippen LogP contribution in [0.3, 0.4) is 0 Å². The minimum atomic E-state index is -1.42. The summed E-state index contributed by atoms with van der Waals surface area (Å²) >= 11 is 3.25. The molecular weight excluding hydrogens is 409 g/mol. The third-order valence-corrected chi connectivity index (χ3v) is 5.00. The van der Waals surface area contributed by atoms with Crippen molar-refractivity contribution in [2.45, 2.75) is 13.3 Å².